The first kappa shape index (κ1) is 18.4. The number of rotatable bonds is 6. The van der Waals surface area contributed by atoms with Crippen LogP contribution in [-0.2, 0) is 21.2 Å². The minimum atomic E-state index is -3.77. The largest absolute Gasteiger partial charge is 0.493 e. The Labute approximate surface area is 152 Å². The van der Waals surface area contributed by atoms with Crippen LogP contribution in [0.15, 0.2) is 47.4 Å². The third kappa shape index (κ3) is 4.21. The van der Waals surface area contributed by atoms with Gasteiger partial charge >= 0.3 is 0 Å². The molecule has 1 atom stereocenters. The Bertz CT molecular complexity index is 910. The van der Waals surface area contributed by atoms with Crippen molar-refractivity contribution in [1.82, 2.24) is 4.72 Å². The quantitative estimate of drug-likeness (QED) is 0.710. The Morgan fingerprint density at radius 2 is 1.96 bits per heavy atom. The van der Waals surface area contributed by atoms with Gasteiger partial charge in [0.05, 0.1) is 17.6 Å². The molecular weight excluding hydrogens is 356 g/mol. The van der Waals surface area contributed by atoms with Crippen LogP contribution >= 0.6 is 0 Å². The number of fused-ring (bicyclic) bond motifs is 1. The maximum absolute atomic E-state index is 12.4. The molecule has 3 N–H and O–H groups in total. The summed E-state index contributed by atoms with van der Waals surface area (Å²) in [7, 11) is -3.77. The number of carbonyl (C=O) groups is 1. The SMILES string of the molecule is CC(=O)Nc1ccc(S(=O)(=O)NCC(O)c2ccc3c(c2)CCO3)cc1. The molecule has 1 aliphatic rings. The van der Waals surface area contributed by atoms with E-state index >= 15 is 0 Å². The molecule has 0 saturated carbocycles. The fourth-order valence-corrected chi connectivity index (χ4v) is 3.76. The molecule has 1 amide bonds. The van der Waals surface area contributed by atoms with Crippen LogP contribution in [0.25, 0.3) is 0 Å². The highest BCUT2D eigenvalue weighted by molar-refractivity contribution is 7.89. The third-order valence-electron chi connectivity index (χ3n) is 4.05. The van der Waals surface area contributed by atoms with Crippen molar-refractivity contribution in [3.8, 4) is 5.75 Å². The highest BCUT2D eigenvalue weighted by Gasteiger charge is 2.19. The van der Waals surface area contributed by atoms with Crippen LogP contribution < -0.4 is 14.8 Å². The maximum atomic E-state index is 12.4. The number of sulfonamides is 1. The van der Waals surface area contributed by atoms with Crippen molar-refractivity contribution in [1.29, 1.82) is 0 Å². The van der Waals surface area contributed by atoms with Crippen LogP contribution in [0.3, 0.4) is 0 Å². The van der Waals surface area contributed by atoms with E-state index in [0.29, 0.717) is 17.9 Å². The van der Waals surface area contributed by atoms with E-state index in [1.807, 2.05) is 6.07 Å². The Balaban J connectivity index is 1.65. The molecule has 0 aromatic heterocycles. The van der Waals surface area contributed by atoms with Gasteiger partial charge in [-0.2, -0.15) is 0 Å². The van der Waals surface area contributed by atoms with Crippen molar-refractivity contribution in [2.45, 2.75) is 24.3 Å². The molecule has 1 unspecified atom stereocenters. The predicted octanol–water partition coefficient (Wildman–Crippen LogP) is 1.59. The first-order valence-corrected chi connectivity index (χ1v) is 9.64. The van der Waals surface area contributed by atoms with Crippen LogP contribution in [0, 0.1) is 0 Å². The summed E-state index contributed by atoms with van der Waals surface area (Å²) in [5.74, 6) is 0.572. The molecule has 0 spiro atoms. The summed E-state index contributed by atoms with van der Waals surface area (Å²) in [6.45, 7) is 1.85. The minimum absolute atomic E-state index is 0.0566. The molecule has 1 aliphatic heterocycles. The van der Waals surface area contributed by atoms with E-state index in [4.69, 9.17) is 4.74 Å². The van der Waals surface area contributed by atoms with Gasteiger partial charge in [-0.3, -0.25) is 4.79 Å². The van der Waals surface area contributed by atoms with Crippen molar-refractivity contribution in [3.05, 3.63) is 53.6 Å². The van der Waals surface area contributed by atoms with Crippen LogP contribution in [0.4, 0.5) is 5.69 Å². The minimum Gasteiger partial charge on any atom is -0.493 e. The topological polar surface area (TPSA) is 105 Å². The fraction of sp³-hybridized carbons (Fsp3) is 0.278. The summed E-state index contributed by atoms with van der Waals surface area (Å²) in [4.78, 5) is 11.1. The highest BCUT2D eigenvalue weighted by Crippen LogP contribution is 2.28. The second-order valence-electron chi connectivity index (χ2n) is 6.04. The van der Waals surface area contributed by atoms with Gasteiger partial charge in [0.25, 0.3) is 0 Å². The number of aliphatic hydroxyl groups is 1. The Kier molecular flexibility index (Phi) is 5.26. The van der Waals surface area contributed by atoms with Gasteiger partial charge in [0.1, 0.15) is 5.75 Å². The maximum Gasteiger partial charge on any atom is 0.240 e. The number of carbonyl (C=O) groups excluding carboxylic acids is 1. The Hall–Kier alpha value is -2.42. The van der Waals surface area contributed by atoms with Crippen molar-refractivity contribution in [2.75, 3.05) is 18.5 Å². The zero-order valence-electron chi connectivity index (χ0n) is 14.2. The lowest BCUT2D eigenvalue weighted by Gasteiger charge is -2.14. The van der Waals surface area contributed by atoms with Crippen molar-refractivity contribution < 1.29 is 23.1 Å². The molecule has 26 heavy (non-hydrogen) atoms. The lowest BCUT2D eigenvalue weighted by Crippen LogP contribution is -2.28. The third-order valence-corrected chi connectivity index (χ3v) is 5.49. The number of ether oxygens (including phenoxy) is 1. The zero-order valence-corrected chi connectivity index (χ0v) is 15.0. The second kappa shape index (κ2) is 7.45. The Morgan fingerprint density at radius 1 is 1.23 bits per heavy atom. The molecule has 2 aromatic carbocycles. The average Bonchev–Trinajstić information content (AvgIpc) is 3.07. The monoisotopic (exact) mass is 376 g/mol. The van der Waals surface area contributed by atoms with Crippen LogP contribution in [0.2, 0.25) is 0 Å². The summed E-state index contributed by atoms with van der Waals surface area (Å²) in [6.07, 6.45) is -0.184. The van der Waals surface area contributed by atoms with Crippen LogP contribution in [0.5, 0.6) is 5.75 Å². The molecule has 0 bridgehead atoms. The predicted molar refractivity (Wildman–Crippen MR) is 96.5 cm³/mol. The molecular formula is C18H20N2O5S. The van der Waals surface area contributed by atoms with E-state index in [1.165, 1.54) is 31.2 Å². The lowest BCUT2D eigenvalue weighted by atomic mass is 10.0. The summed E-state index contributed by atoms with van der Waals surface area (Å²) in [5.41, 5.74) is 2.16. The van der Waals surface area contributed by atoms with Crippen LogP contribution in [0.1, 0.15) is 24.2 Å². The van der Waals surface area contributed by atoms with E-state index < -0.39 is 16.1 Å². The van der Waals surface area contributed by atoms with Gasteiger partial charge in [-0.25, -0.2) is 13.1 Å². The van der Waals surface area contributed by atoms with Gasteiger partial charge < -0.3 is 15.2 Å². The summed E-state index contributed by atoms with van der Waals surface area (Å²) in [6, 6.07) is 11.2. The Morgan fingerprint density at radius 3 is 2.65 bits per heavy atom. The first-order valence-electron chi connectivity index (χ1n) is 8.16. The standard InChI is InChI=1S/C18H20N2O5S/c1-12(21)20-15-3-5-16(6-4-15)26(23,24)19-11-17(22)13-2-7-18-14(10-13)8-9-25-18/h2-7,10,17,19,22H,8-9,11H2,1H3,(H,20,21). The number of nitrogens with one attached hydrogen (secondary N) is 2. The number of benzene rings is 2. The van der Waals surface area contributed by atoms with Gasteiger partial charge in [0.15, 0.2) is 0 Å². The number of aliphatic hydroxyl groups excluding tert-OH is 1. The van der Waals surface area contributed by atoms with Gasteiger partial charge in [-0.05, 0) is 47.5 Å². The molecule has 0 fully saturated rings. The van der Waals surface area contributed by atoms with Gasteiger partial charge in [-0.15, -0.1) is 0 Å². The molecule has 3 rings (SSSR count). The fourth-order valence-electron chi connectivity index (χ4n) is 2.72. The number of hydrogen-bond donors (Lipinski definition) is 3. The van der Waals surface area contributed by atoms with Gasteiger partial charge in [0, 0.05) is 25.6 Å². The molecule has 7 nitrogen and oxygen atoms in total. The second-order valence-corrected chi connectivity index (χ2v) is 7.81. The zero-order chi connectivity index (χ0) is 18.7. The van der Waals surface area contributed by atoms with Crippen LogP contribution in [-0.4, -0.2) is 32.6 Å². The average molecular weight is 376 g/mol. The molecule has 138 valence electrons. The van der Waals surface area contributed by atoms with E-state index in [2.05, 4.69) is 10.0 Å². The summed E-state index contributed by atoms with van der Waals surface area (Å²) in [5, 5.41) is 12.9. The summed E-state index contributed by atoms with van der Waals surface area (Å²) < 4.78 is 32.5. The smallest absolute Gasteiger partial charge is 0.240 e. The van der Waals surface area contributed by atoms with E-state index in [9.17, 15) is 18.3 Å². The molecule has 0 saturated heterocycles. The molecule has 2 aromatic rings. The van der Waals surface area contributed by atoms with Gasteiger partial charge in [-0.1, -0.05) is 6.07 Å². The first-order chi connectivity index (χ1) is 12.3. The summed E-state index contributed by atoms with van der Waals surface area (Å²) >= 11 is 0. The number of hydrogen-bond acceptors (Lipinski definition) is 5. The molecule has 8 heteroatoms. The van der Waals surface area contributed by atoms with E-state index in [0.717, 1.165) is 17.7 Å². The van der Waals surface area contributed by atoms with E-state index in [1.54, 1.807) is 12.1 Å². The molecule has 0 radical (unpaired) electrons. The van der Waals surface area contributed by atoms with E-state index in [-0.39, 0.29) is 17.3 Å². The van der Waals surface area contributed by atoms with Gasteiger partial charge in [0.2, 0.25) is 15.9 Å². The van der Waals surface area contributed by atoms with Crippen molar-refractivity contribution in [2.24, 2.45) is 0 Å². The highest BCUT2D eigenvalue weighted by atomic mass is 32.2. The van der Waals surface area contributed by atoms with Crippen molar-refractivity contribution >= 4 is 21.6 Å². The normalized spacial score (nSPS) is 14.4. The molecule has 1 heterocycles. The number of amides is 1. The number of anilines is 1. The van der Waals surface area contributed by atoms with Crippen molar-refractivity contribution in [3.63, 3.8) is 0 Å². The lowest BCUT2D eigenvalue weighted by molar-refractivity contribution is -0.114. The molecule has 0 aliphatic carbocycles.